The number of hydrogen-bond acceptors (Lipinski definition) is 4. The van der Waals surface area contributed by atoms with Crippen molar-refractivity contribution in [1.82, 2.24) is 14.8 Å². The van der Waals surface area contributed by atoms with Gasteiger partial charge >= 0.3 is 0 Å². The fourth-order valence-corrected chi connectivity index (χ4v) is 5.48. The van der Waals surface area contributed by atoms with Gasteiger partial charge < -0.3 is 5.11 Å². The van der Waals surface area contributed by atoms with Gasteiger partial charge in [0.05, 0.1) is 6.61 Å². The van der Waals surface area contributed by atoms with Crippen LogP contribution in [0, 0.1) is 5.82 Å². The van der Waals surface area contributed by atoms with Crippen molar-refractivity contribution in [3.63, 3.8) is 0 Å². The molecule has 2 aliphatic rings. The number of aliphatic hydroxyl groups is 1. The second-order valence-electron chi connectivity index (χ2n) is 8.98. The molecule has 0 amide bonds. The van der Waals surface area contributed by atoms with E-state index in [1.165, 1.54) is 23.6 Å². The number of hydrogen-bond donors (Lipinski definition) is 1. The monoisotopic (exact) mass is 431 g/mol. The predicted molar refractivity (Wildman–Crippen MR) is 125 cm³/mol. The molecule has 1 N–H and O–H groups in total. The summed E-state index contributed by atoms with van der Waals surface area (Å²) in [5, 5.41) is 10.2. The van der Waals surface area contributed by atoms with Gasteiger partial charge in [-0.15, -0.1) is 0 Å². The molecule has 2 aliphatic heterocycles. The molecule has 4 nitrogen and oxygen atoms in total. The molecule has 5 rings (SSSR count). The molecule has 3 aromatic rings. The molecular formula is C27H30FN3O. The molecule has 166 valence electrons. The summed E-state index contributed by atoms with van der Waals surface area (Å²) >= 11 is 0. The van der Waals surface area contributed by atoms with E-state index in [2.05, 4.69) is 39.0 Å². The standard InChI is InChI=1S/C27H30FN3O/c28-24-6-2-1-5-23(24)21-7-9-22(10-8-21)27-25-18-30(17-20-11-13-29-14-12-20)15-3-4-16-31(25)26(27)19-32/h1-2,5-14,25-27,32H,3-4,15-19H2/t25-,26-,27+/m1/s1. The molecule has 0 unspecified atom stereocenters. The van der Waals surface area contributed by atoms with Crippen LogP contribution in [0.3, 0.4) is 0 Å². The molecule has 5 heteroatoms. The Balaban J connectivity index is 1.37. The second-order valence-corrected chi connectivity index (χ2v) is 8.98. The van der Waals surface area contributed by atoms with Crippen molar-refractivity contribution in [2.75, 3.05) is 26.2 Å². The predicted octanol–water partition coefficient (Wildman–Crippen LogP) is 4.31. The molecule has 3 atom stereocenters. The highest BCUT2D eigenvalue weighted by Gasteiger charge is 2.49. The summed E-state index contributed by atoms with van der Waals surface area (Å²) < 4.78 is 14.2. The molecule has 1 aromatic heterocycles. The zero-order chi connectivity index (χ0) is 21.9. The van der Waals surface area contributed by atoms with E-state index < -0.39 is 0 Å². The largest absolute Gasteiger partial charge is 0.395 e. The van der Waals surface area contributed by atoms with Crippen LogP contribution in [-0.2, 0) is 6.54 Å². The first-order valence-corrected chi connectivity index (χ1v) is 11.6. The molecular weight excluding hydrogens is 401 g/mol. The highest BCUT2D eigenvalue weighted by atomic mass is 19.1. The first-order valence-electron chi connectivity index (χ1n) is 11.6. The number of benzene rings is 2. The van der Waals surface area contributed by atoms with Crippen LogP contribution in [0.25, 0.3) is 11.1 Å². The van der Waals surface area contributed by atoms with Crippen LogP contribution in [-0.4, -0.2) is 58.2 Å². The summed E-state index contributed by atoms with van der Waals surface area (Å²) in [6.45, 7) is 4.22. The molecule has 2 fully saturated rings. The summed E-state index contributed by atoms with van der Waals surface area (Å²) in [5.74, 6) is 0.0859. The molecule has 0 radical (unpaired) electrons. The minimum absolute atomic E-state index is 0.153. The topological polar surface area (TPSA) is 39.6 Å². The summed E-state index contributed by atoms with van der Waals surface area (Å²) in [6.07, 6.45) is 6.04. The van der Waals surface area contributed by atoms with Crippen LogP contribution in [0.5, 0.6) is 0 Å². The number of nitrogens with zero attached hydrogens (tertiary/aromatic N) is 3. The lowest BCUT2D eigenvalue weighted by molar-refractivity contribution is -0.0655. The Kier molecular flexibility index (Phi) is 6.30. The van der Waals surface area contributed by atoms with E-state index in [9.17, 15) is 9.50 Å². The number of halogens is 1. The molecule has 3 heterocycles. The lowest BCUT2D eigenvalue weighted by Gasteiger charge is -2.57. The Morgan fingerprint density at radius 3 is 2.44 bits per heavy atom. The van der Waals surface area contributed by atoms with Crippen LogP contribution in [0.2, 0.25) is 0 Å². The zero-order valence-corrected chi connectivity index (χ0v) is 18.3. The number of aromatic nitrogens is 1. The van der Waals surface area contributed by atoms with E-state index in [4.69, 9.17) is 0 Å². The van der Waals surface area contributed by atoms with Gasteiger partial charge in [-0.1, -0.05) is 42.5 Å². The van der Waals surface area contributed by atoms with Crippen LogP contribution >= 0.6 is 0 Å². The molecule has 2 saturated heterocycles. The maximum absolute atomic E-state index is 14.2. The first-order chi connectivity index (χ1) is 15.7. The van der Waals surface area contributed by atoms with Crippen molar-refractivity contribution >= 4 is 0 Å². The van der Waals surface area contributed by atoms with Gasteiger partial charge in [-0.05, 0) is 60.8 Å². The summed E-state index contributed by atoms with van der Waals surface area (Å²) in [5.41, 5.74) is 4.04. The van der Waals surface area contributed by atoms with Gasteiger partial charge in [-0.3, -0.25) is 14.8 Å². The lowest BCUT2D eigenvalue weighted by Crippen LogP contribution is -2.67. The van der Waals surface area contributed by atoms with Gasteiger partial charge in [0.2, 0.25) is 0 Å². The molecule has 0 bridgehead atoms. The zero-order valence-electron chi connectivity index (χ0n) is 18.3. The fraction of sp³-hybridized carbons (Fsp3) is 0.370. The number of fused-ring (bicyclic) bond motifs is 1. The maximum atomic E-state index is 14.2. The molecule has 32 heavy (non-hydrogen) atoms. The van der Waals surface area contributed by atoms with E-state index in [1.54, 1.807) is 6.07 Å². The van der Waals surface area contributed by atoms with Gasteiger partial charge in [0.1, 0.15) is 5.82 Å². The third-order valence-corrected chi connectivity index (χ3v) is 7.09. The van der Waals surface area contributed by atoms with E-state index in [0.717, 1.165) is 38.2 Å². The third-order valence-electron chi connectivity index (χ3n) is 7.09. The average molecular weight is 432 g/mol. The smallest absolute Gasteiger partial charge is 0.131 e. The number of aliphatic hydroxyl groups excluding tert-OH is 1. The van der Waals surface area contributed by atoms with Gasteiger partial charge in [0, 0.05) is 49.0 Å². The summed E-state index contributed by atoms with van der Waals surface area (Å²) in [7, 11) is 0. The first kappa shape index (κ1) is 21.3. The van der Waals surface area contributed by atoms with Crippen molar-refractivity contribution in [2.24, 2.45) is 0 Å². The van der Waals surface area contributed by atoms with Gasteiger partial charge in [0.25, 0.3) is 0 Å². The van der Waals surface area contributed by atoms with Crippen molar-refractivity contribution in [1.29, 1.82) is 0 Å². The Labute approximate surface area is 189 Å². The Bertz CT molecular complexity index is 1030. The van der Waals surface area contributed by atoms with Gasteiger partial charge in [0.15, 0.2) is 0 Å². The SMILES string of the molecule is OC[C@@H]1[C@@H](c2ccc(-c3ccccc3F)cc2)[C@H]2CN(Cc3ccncc3)CCCCN12. The Morgan fingerprint density at radius 2 is 1.69 bits per heavy atom. The van der Waals surface area contributed by atoms with E-state index >= 15 is 0 Å². The van der Waals surface area contributed by atoms with E-state index in [-0.39, 0.29) is 24.4 Å². The molecule has 2 aromatic carbocycles. The van der Waals surface area contributed by atoms with E-state index in [0.29, 0.717) is 11.6 Å². The van der Waals surface area contributed by atoms with Crippen LogP contribution in [0.1, 0.15) is 29.9 Å². The van der Waals surface area contributed by atoms with Gasteiger partial charge in [-0.25, -0.2) is 4.39 Å². The van der Waals surface area contributed by atoms with Crippen molar-refractivity contribution < 1.29 is 9.50 Å². The Morgan fingerprint density at radius 1 is 0.938 bits per heavy atom. The highest BCUT2D eigenvalue weighted by Crippen LogP contribution is 2.42. The average Bonchev–Trinajstić information content (AvgIpc) is 2.81. The maximum Gasteiger partial charge on any atom is 0.131 e. The molecule has 0 aliphatic carbocycles. The molecule has 0 spiro atoms. The highest BCUT2D eigenvalue weighted by molar-refractivity contribution is 5.64. The van der Waals surface area contributed by atoms with Crippen LogP contribution < -0.4 is 0 Å². The minimum atomic E-state index is -0.199. The third kappa shape index (κ3) is 4.20. The second kappa shape index (κ2) is 9.49. The van der Waals surface area contributed by atoms with E-state index in [1.807, 2.05) is 36.7 Å². The van der Waals surface area contributed by atoms with Crippen LogP contribution in [0.4, 0.5) is 4.39 Å². The minimum Gasteiger partial charge on any atom is -0.395 e. The van der Waals surface area contributed by atoms with Crippen molar-refractivity contribution in [3.8, 4) is 11.1 Å². The fourth-order valence-electron chi connectivity index (χ4n) is 5.48. The lowest BCUT2D eigenvalue weighted by atomic mass is 9.74. The molecule has 0 saturated carbocycles. The van der Waals surface area contributed by atoms with Gasteiger partial charge in [-0.2, -0.15) is 0 Å². The summed E-state index contributed by atoms with van der Waals surface area (Å²) in [4.78, 5) is 9.18. The summed E-state index contributed by atoms with van der Waals surface area (Å²) in [6, 6.07) is 19.9. The van der Waals surface area contributed by atoms with Crippen molar-refractivity contribution in [2.45, 2.75) is 37.4 Å². The number of rotatable bonds is 5. The quantitative estimate of drug-likeness (QED) is 0.653. The number of pyridine rings is 1. The normalized spacial score (nSPS) is 24.2. The Hall–Kier alpha value is -2.60. The van der Waals surface area contributed by atoms with Crippen molar-refractivity contribution in [3.05, 3.63) is 90.0 Å². The van der Waals surface area contributed by atoms with Crippen LogP contribution in [0.15, 0.2) is 73.1 Å².